The molecule has 0 bridgehead atoms. The number of benzene rings is 1. The van der Waals surface area contributed by atoms with Gasteiger partial charge in [0.2, 0.25) is 0 Å². The number of nitrogens with zero attached hydrogens (tertiary/aromatic N) is 2. The maximum atomic E-state index is 12.0. The molecule has 1 fully saturated rings. The highest BCUT2D eigenvalue weighted by atomic mass is 16.2. The van der Waals surface area contributed by atoms with Crippen molar-refractivity contribution in [3.63, 3.8) is 0 Å². The Morgan fingerprint density at radius 2 is 1.83 bits per heavy atom. The Hall–Kier alpha value is -2.14. The maximum Gasteiger partial charge on any atom is 0.328 e. The second-order valence-electron chi connectivity index (χ2n) is 6.29. The van der Waals surface area contributed by atoms with Gasteiger partial charge in [0.25, 0.3) is 5.56 Å². The summed E-state index contributed by atoms with van der Waals surface area (Å²) in [4.78, 5) is 28.3. The highest BCUT2D eigenvalue weighted by Gasteiger charge is 2.21. The van der Waals surface area contributed by atoms with E-state index in [1.807, 2.05) is 6.07 Å². The van der Waals surface area contributed by atoms with Gasteiger partial charge >= 0.3 is 5.69 Å². The van der Waals surface area contributed by atoms with Crippen LogP contribution in [-0.4, -0.2) is 34.1 Å². The number of hydrogen-bond donors (Lipinski definition) is 1. The van der Waals surface area contributed by atoms with Gasteiger partial charge in [-0.2, -0.15) is 0 Å². The third-order valence-electron chi connectivity index (χ3n) is 4.66. The first kappa shape index (κ1) is 15.7. The fourth-order valence-corrected chi connectivity index (χ4v) is 3.21. The van der Waals surface area contributed by atoms with Crippen LogP contribution in [0.15, 0.2) is 46.1 Å². The quantitative estimate of drug-likeness (QED) is 0.935. The van der Waals surface area contributed by atoms with Crippen LogP contribution in [0.1, 0.15) is 30.0 Å². The van der Waals surface area contributed by atoms with Gasteiger partial charge < -0.3 is 4.90 Å². The van der Waals surface area contributed by atoms with Crippen molar-refractivity contribution in [2.24, 2.45) is 0 Å². The number of aromatic amines is 1. The Labute approximate surface area is 135 Å². The van der Waals surface area contributed by atoms with Crippen LogP contribution in [0.25, 0.3) is 0 Å². The van der Waals surface area contributed by atoms with Gasteiger partial charge in [0, 0.05) is 37.4 Å². The van der Waals surface area contributed by atoms with E-state index in [1.54, 1.807) is 17.7 Å². The fourth-order valence-electron chi connectivity index (χ4n) is 3.21. The van der Waals surface area contributed by atoms with Crippen molar-refractivity contribution in [2.45, 2.75) is 32.2 Å². The highest BCUT2D eigenvalue weighted by molar-refractivity contribution is 5.14. The zero-order chi connectivity index (χ0) is 16.2. The zero-order valence-corrected chi connectivity index (χ0v) is 13.5. The van der Waals surface area contributed by atoms with Crippen LogP contribution >= 0.6 is 0 Å². The average Bonchev–Trinajstić information content (AvgIpc) is 2.58. The van der Waals surface area contributed by atoms with Gasteiger partial charge in [-0.3, -0.25) is 14.3 Å². The molecule has 1 aromatic heterocycles. The lowest BCUT2D eigenvalue weighted by Crippen LogP contribution is -2.40. The number of likely N-dealkylation sites (tertiary alicyclic amines) is 1. The molecule has 3 rings (SSSR count). The smallest absolute Gasteiger partial charge is 0.303 e. The van der Waals surface area contributed by atoms with Gasteiger partial charge in [-0.25, -0.2) is 4.79 Å². The SMILES string of the molecule is Cc1cn(C2CCN(CCc3ccccc3)CC2)c(=O)[nH]c1=O. The van der Waals surface area contributed by atoms with Crippen molar-refractivity contribution in [1.82, 2.24) is 14.5 Å². The summed E-state index contributed by atoms with van der Waals surface area (Å²) < 4.78 is 1.70. The van der Waals surface area contributed by atoms with E-state index in [9.17, 15) is 9.59 Å². The molecule has 2 heterocycles. The predicted octanol–water partition coefficient (Wildman–Crippen LogP) is 1.72. The van der Waals surface area contributed by atoms with Gasteiger partial charge in [-0.05, 0) is 31.7 Å². The molecule has 1 N–H and O–H groups in total. The first-order valence-electron chi connectivity index (χ1n) is 8.22. The molecule has 1 aliphatic heterocycles. The summed E-state index contributed by atoms with van der Waals surface area (Å²) in [6.45, 7) is 4.77. The molecule has 0 aliphatic carbocycles. The van der Waals surface area contributed by atoms with Crippen molar-refractivity contribution in [1.29, 1.82) is 0 Å². The van der Waals surface area contributed by atoms with Crippen LogP contribution in [0, 0.1) is 6.92 Å². The molecule has 1 saturated heterocycles. The van der Waals surface area contributed by atoms with Crippen molar-refractivity contribution in [2.75, 3.05) is 19.6 Å². The van der Waals surface area contributed by atoms with Gasteiger partial charge in [-0.15, -0.1) is 0 Å². The number of nitrogens with one attached hydrogen (secondary N) is 1. The first-order valence-corrected chi connectivity index (χ1v) is 8.22. The Morgan fingerprint density at radius 3 is 2.52 bits per heavy atom. The van der Waals surface area contributed by atoms with Gasteiger partial charge in [0.05, 0.1) is 0 Å². The number of H-pyrrole nitrogens is 1. The summed E-state index contributed by atoms with van der Waals surface area (Å²) in [6.07, 6.45) is 4.65. The van der Waals surface area contributed by atoms with Crippen molar-refractivity contribution >= 4 is 0 Å². The Balaban J connectivity index is 1.57. The van der Waals surface area contributed by atoms with Crippen LogP contribution < -0.4 is 11.2 Å². The minimum absolute atomic E-state index is 0.186. The molecule has 0 saturated carbocycles. The molecular formula is C18H23N3O2. The van der Waals surface area contributed by atoms with Gasteiger partial charge in [0.15, 0.2) is 0 Å². The van der Waals surface area contributed by atoms with Crippen LogP contribution in [0.2, 0.25) is 0 Å². The second-order valence-corrected chi connectivity index (χ2v) is 6.29. The Morgan fingerprint density at radius 1 is 1.13 bits per heavy atom. The molecule has 1 aliphatic rings. The van der Waals surface area contributed by atoms with Crippen molar-refractivity contribution < 1.29 is 0 Å². The fraction of sp³-hybridized carbons (Fsp3) is 0.444. The highest BCUT2D eigenvalue weighted by Crippen LogP contribution is 2.21. The molecular weight excluding hydrogens is 290 g/mol. The number of hydrogen-bond acceptors (Lipinski definition) is 3. The summed E-state index contributed by atoms with van der Waals surface area (Å²) in [5.41, 5.74) is 1.38. The molecule has 23 heavy (non-hydrogen) atoms. The monoisotopic (exact) mass is 313 g/mol. The lowest BCUT2D eigenvalue weighted by atomic mass is 10.0. The molecule has 0 spiro atoms. The minimum Gasteiger partial charge on any atom is -0.303 e. The van der Waals surface area contributed by atoms with Gasteiger partial charge in [0.1, 0.15) is 0 Å². The number of aryl methyl sites for hydroxylation is 1. The van der Waals surface area contributed by atoms with E-state index in [4.69, 9.17) is 0 Å². The number of aromatic nitrogens is 2. The van der Waals surface area contributed by atoms with E-state index < -0.39 is 0 Å². The molecule has 1 aromatic carbocycles. The van der Waals surface area contributed by atoms with E-state index in [0.29, 0.717) is 5.56 Å². The summed E-state index contributed by atoms with van der Waals surface area (Å²) >= 11 is 0. The molecule has 122 valence electrons. The summed E-state index contributed by atoms with van der Waals surface area (Å²) in [5.74, 6) is 0. The van der Waals surface area contributed by atoms with Crippen LogP contribution in [-0.2, 0) is 6.42 Å². The molecule has 0 unspecified atom stereocenters. The Bertz CT molecular complexity index is 756. The predicted molar refractivity (Wildman–Crippen MR) is 90.9 cm³/mol. The van der Waals surface area contributed by atoms with Crippen molar-refractivity contribution in [3.8, 4) is 0 Å². The van der Waals surface area contributed by atoms with E-state index in [2.05, 4.69) is 34.1 Å². The lowest BCUT2D eigenvalue weighted by Gasteiger charge is -2.32. The zero-order valence-electron chi connectivity index (χ0n) is 13.5. The number of piperidine rings is 1. The number of rotatable bonds is 4. The minimum atomic E-state index is -0.289. The molecule has 0 amide bonds. The molecule has 0 radical (unpaired) electrons. The Kier molecular flexibility index (Phi) is 4.76. The molecule has 0 atom stereocenters. The van der Waals surface area contributed by atoms with E-state index in [-0.39, 0.29) is 17.3 Å². The third-order valence-corrected chi connectivity index (χ3v) is 4.66. The molecule has 5 nitrogen and oxygen atoms in total. The topological polar surface area (TPSA) is 58.1 Å². The summed E-state index contributed by atoms with van der Waals surface area (Å²) in [5, 5.41) is 0. The normalized spacial score (nSPS) is 16.6. The van der Waals surface area contributed by atoms with Crippen LogP contribution in [0.3, 0.4) is 0 Å². The third kappa shape index (κ3) is 3.79. The van der Waals surface area contributed by atoms with Crippen LogP contribution in [0.4, 0.5) is 0 Å². The average molecular weight is 313 g/mol. The first-order chi connectivity index (χ1) is 11.1. The van der Waals surface area contributed by atoms with E-state index in [0.717, 1.165) is 38.9 Å². The molecule has 5 heteroatoms. The summed E-state index contributed by atoms with van der Waals surface area (Å²) in [6, 6.07) is 10.7. The summed E-state index contributed by atoms with van der Waals surface area (Å²) in [7, 11) is 0. The maximum absolute atomic E-state index is 12.0. The molecule has 2 aromatic rings. The lowest BCUT2D eigenvalue weighted by molar-refractivity contribution is 0.185. The van der Waals surface area contributed by atoms with E-state index >= 15 is 0 Å². The van der Waals surface area contributed by atoms with Crippen molar-refractivity contribution in [3.05, 3.63) is 68.5 Å². The second kappa shape index (κ2) is 6.96. The standard InChI is InChI=1S/C18H23N3O2/c1-14-13-21(18(23)19-17(14)22)16-8-11-20(12-9-16)10-7-15-5-3-2-4-6-15/h2-6,13,16H,7-12H2,1H3,(H,19,22,23). The van der Waals surface area contributed by atoms with Gasteiger partial charge in [-0.1, -0.05) is 30.3 Å². The van der Waals surface area contributed by atoms with Crippen LogP contribution in [0.5, 0.6) is 0 Å². The van der Waals surface area contributed by atoms with E-state index in [1.165, 1.54) is 5.56 Å². The largest absolute Gasteiger partial charge is 0.328 e.